The van der Waals surface area contributed by atoms with Crippen LogP contribution in [0.15, 0.2) is 55.1 Å². The highest BCUT2D eigenvalue weighted by molar-refractivity contribution is 6.31. The molecule has 2 aromatic rings. The zero-order valence-electron chi connectivity index (χ0n) is 21.4. The second-order valence-corrected chi connectivity index (χ2v) is 8.37. The van der Waals surface area contributed by atoms with Crippen LogP contribution in [0.3, 0.4) is 0 Å². The van der Waals surface area contributed by atoms with Gasteiger partial charge in [0.2, 0.25) is 0 Å². The molecule has 0 saturated heterocycles. The fourth-order valence-corrected chi connectivity index (χ4v) is 4.10. The Morgan fingerprint density at radius 2 is 1.62 bits per heavy atom. The van der Waals surface area contributed by atoms with E-state index in [1.165, 1.54) is 44.7 Å². The van der Waals surface area contributed by atoms with Crippen LogP contribution in [-0.4, -0.2) is 26.5 Å². The molecule has 1 aliphatic carbocycles. The maximum Gasteiger partial charge on any atom is 0.0771 e. The SMILES string of the molecule is C=C(NC(N)C1CCCCC1)c1ccccc1NCCC.C=N.CCc1ccccc1Cl.CN. The van der Waals surface area contributed by atoms with Gasteiger partial charge in [0.15, 0.2) is 0 Å². The van der Waals surface area contributed by atoms with Gasteiger partial charge in [-0.2, -0.15) is 0 Å². The molecule has 2 aromatic carbocycles. The van der Waals surface area contributed by atoms with Crippen molar-refractivity contribution < 1.29 is 0 Å². The largest absolute Gasteiger partial charge is 0.385 e. The first kappa shape index (κ1) is 31.7. The second-order valence-electron chi connectivity index (χ2n) is 7.96. The van der Waals surface area contributed by atoms with Gasteiger partial charge in [0.1, 0.15) is 0 Å². The molecule has 1 saturated carbocycles. The molecule has 1 aliphatic rings. The van der Waals surface area contributed by atoms with E-state index < -0.39 is 0 Å². The quantitative estimate of drug-likeness (QED) is 0.212. The number of nitrogens with two attached hydrogens (primary N) is 2. The van der Waals surface area contributed by atoms with Crippen molar-refractivity contribution in [1.82, 2.24) is 5.32 Å². The standard InChI is InChI=1S/C18H29N3.C8H9Cl.CH5N.CH3N/c1-3-13-20-17-12-8-7-11-16(17)14(2)21-18(19)15-9-5-4-6-10-15;1-2-7-5-3-4-6-8(7)9;2*1-2/h7-8,11-12,15,18,20-21H,2-6,9-10,13,19H2,1H3;3-6H,2H2,1H3;2H2,1H3;2H,1H2. The lowest BCUT2D eigenvalue weighted by Gasteiger charge is -2.29. The van der Waals surface area contributed by atoms with Crippen LogP contribution in [0.25, 0.3) is 5.70 Å². The fraction of sp³-hybridized carbons (Fsp3) is 0.464. The van der Waals surface area contributed by atoms with Gasteiger partial charge in [-0.05, 0) is 63.1 Å². The number of hydrogen-bond donors (Lipinski definition) is 5. The van der Waals surface area contributed by atoms with Crippen molar-refractivity contribution in [2.24, 2.45) is 17.4 Å². The predicted octanol–water partition coefficient (Wildman–Crippen LogP) is 6.68. The van der Waals surface area contributed by atoms with E-state index in [1.807, 2.05) is 30.3 Å². The molecule has 6 heteroatoms. The minimum atomic E-state index is 0.0111. The first-order chi connectivity index (χ1) is 16.6. The van der Waals surface area contributed by atoms with E-state index in [9.17, 15) is 0 Å². The number of rotatable bonds is 8. The minimum absolute atomic E-state index is 0.0111. The van der Waals surface area contributed by atoms with E-state index in [2.05, 4.69) is 61.7 Å². The molecule has 7 N–H and O–H groups in total. The summed E-state index contributed by atoms with van der Waals surface area (Å²) in [5.74, 6) is 0.575. The van der Waals surface area contributed by atoms with E-state index in [0.29, 0.717) is 5.92 Å². The summed E-state index contributed by atoms with van der Waals surface area (Å²) in [7, 11) is 1.50. The summed E-state index contributed by atoms with van der Waals surface area (Å²) in [6.07, 6.45) is 8.57. The van der Waals surface area contributed by atoms with Crippen molar-refractivity contribution in [1.29, 1.82) is 5.41 Å². The van der Waals surface area contributed by atoms with Crippen LogP contribution in [0.5, 0.6) is 0 Å². The highest BCUT2D eigenvalue weighted by Crippen LogP contribution is 2.27. The maximum absolute atomic E-state index is 6.34. The number of anilines is 1. The smallest absolute Gasteiger partial charge is 0.0771 e. The lowest BCUT2D eigenvalue weighted by molar-refractivity contribution is 0.291. The van der Waals surface area contributed by atoms with Gasteiger partial charge in [-0.1, -0.05) is 87.7 Å². The molecular weight excluding hydrogens is 442 g/mol. The third-order valence-electron chi connectivity index (χ3n) is 5.65. The Bertz CT molecular complexity index is 790. The Morgan fingerprint density at radius 1 is 1.03 bits per heavy atom. The van der Waals surface area contributed by atoms with Crippen molar-refractivity contribution in [3.8, 4) is 0 Å². The van der Waals surface area contributed by atoms with Crippen LogP contribution < -0.4 is 22.1 Å². The van der Waals surface area contributed by atoms with Crippen molar-refractivity contribution in [2.75, 3.05) is 18.9 Å². The van der Waals surface area contributed by atoms with E-state index in [0.717, 1.165) is 41.4 Å². The number of nitrogens with one attached hydrogen (secondary N) is 3. The third-order valence-corrected chi connectivity index (χ3v) is 6.02. The zero-order chi connectivity index (χ0) is 25.8. The second kappa shape index (κ2) is 20.1. The summed E-state index contributed by atoms with van der Waals surface area (Å²) in [4.78, 5) is 0. The van der Waals surface area contributed by atoms with Gasteiger partial charge in [0, 0.05) is 28.5 Å². The van der Waals surface area contributed by atoms with Gasteiger partial charge in [-0.3, -0.25) is 0 Å². The van der Waals surface area contributed by atoms with E-state index >= 15 is 0 Å². The van der Waals surface area contributed by atoms with Crippen molar-refractivity contribution >= 4 is 29.7 Å². The first-order valence-corrected chi connectivity index (χ1v) is 12.6. The Balaban J connectivity index is 0.000000698. The highest BCUT2D eigenvalue weighted by atomic mass is 35.5. The Hall–Kier alpha value is -2.34. The van der Waals surface area contributed by atoms with Gasteiger partial charge in [-0.15, -0.1) is 0 Å². The predicted molar refractivity (Wildman–Crippen MR) is 153 cm³/mol. The molecule has 1 unspecified atom stereocenters. The first-order valence-electron chi connectivity index (χ1n) is 12.3. The van der Waals surface area contributed by atoms with E-state index in [1.54, 1.807) is 0 Å². The molecule has 0 radical (unpaired) electrons. The topological polar surface area (TPSA) is 100.0 Å². The molecule has 5 nitrogen and oxygen atoms in total. The van der Waals surface area contributed by atoms with E-state index in [-0.39, 0.29) is 6.17 Å². The van der Waals surface area contributed by atoms with Crippen molar-refractivity contribution in [3.63, 3.8) is 0 Å². The molecule has 190 valence electrons. The van der Waals surface area contributed by atoms with Crippen LogP contribution in [0.4, 0.5) is 5.69 Å². The van der Waals surface area contributed by atoms with Crippen LogP contribution >= 0.6 is 11.6 Å². The van der Waals surface area contributed by atoms with Crippen molar-refractivity contribution in [3.05, 3.63) is 71.3 Å². The zero-order valence-corrected chi connectivity index (χ0v) is 22.1. The van der Waals surface area contributed by atoms with Crippen LogP contribution in [0, 0.1) is 11.3 Å². The van der Waals surface area contributed by atoms with E-state index in [4.69, 9.17) is 22.7 Å². The average molecular weight is 488 g/mol. The Kier molecular flexibility index (Phi) is 18.7. The third kappa shape index (κ3) is 11.7. The number of aryl methyl sites for hydroxylation is 1. The van der Waals surface area contributed by atoms with Crippen LogP contribution in [0.1, 0.15) is 63.5 Å². The summed E-state index contributed by atoms with van der Waals surface area (Å²) >= 11 is 5.82. The molecule has 0 bridgehead atoms. The number of hydrogen-bond acceptors (Lipinski definition) is 5. The van der Waals surface area contributed by atoms with Gasteiger partial charge in [-0.25, -0.2) is 0 Å². The van der Waals surface area contributed by atoms with Gasteiger partial charge < -0.3 is 27.5 Å². The van der Waals surface area contributed by atoms with Gasteiger partial charge >= 0.3 is 0 Å². The lowest BCUT2D eigenvalue weighted by atomic mass is 9.87. The Labute approximate surface area is 212 Å². The normalized spacial score (nSPS) is 13.5. The van der Waals surface area contributed by atoms with Crippen LogP contribution in [-0.2, 0) is 6.42 Å². The fourth-order valence-electron chi connectivity index (χ4n) is 3.84. The number of benzene rings is 2. The van der Waals surface area contributed by atoms with Gasteiger partial charge in [0.05, 0.1) is 6.17 Å². The molecule has 0 amide bonds. The summed E-state index contributed by atoms with van der Waals surface area (Å²) in [6.45, 7) is 11.9. The van der Waals surface area contributed by atoms with Gasteiger partial charge in [0.25, 0.3) is 0 Å². The molecule has 3 rings (SSSR count). The lowest BCUT2D eigenvalue weighted by Crippen LogP contribution is -2.43. The summed E-state index contributed by atoms with van der Waals surface area (Å²) in [5, 5.41) is 13.3. The molecule has 0 spiro atoms. The number of halogens is 1. The number of para-hydroxylation sites is 1. The summed E-state index contributed by atoms with van der Waals surface area (Å²) < 4.78 is 0. The minimum Gasteiger partial charge on any atom is -0.385 e. The maximum atomic E-state index is 6.34. The molecular formula is C28H46ClN5. The van der Waals surface area contributed by atoms with Crippen molar-refractivity contribution in [2.45, 2.75) is 65.0 Å². The molecule has 0 heterocycles. The molecule has 1 fully saturated rings. The summed E-state index contributed by atoms with van der Waals surface area (Å²) in [6, 6.07) is 16.2. The average Bonchev–Trinajstić information content (AvgIpc) is 2.91. The Morgan fingerprint density at radius 3 is 2.18 bits per heavy atom. The molecule has 34 heavy (non-hydrogen) atoms. The molecule has 1 atom stereocenters. The molecule has 0 aliphatic heterocycles. The molecule has 0 aromatic heterocycles. The monoisotopic (exact) mass is 487 g/mol. The summed E-state index contributed by atoms with van der Waals surface area (Å²) in [5.41, 5.74) is 15.2. The highest BCUT2D eigenvalue weighted by Gasteiger charge is 2.21. The van der Waals surface area contributed by atoms with Crippen LogP contribution in [0.2, 0.25) is 5.02 Å².